The van der Waals surface area contributed by atoms with Crippen molar-refractivity contribution in [2.24, 2.45) is 0 Å². The van der Waals surface area contributed by atoms with Gasteiger partial charge in [0, 0.05) is 11.8 Å². The summed E-state index contributed by atoms with van der Waals surface area (Å²) in [6, 6.07) is 22.0. The average molecular weight is 457 g/mol. The first-order valence-electron chi connectivity index (χ1n) is 11.3. The van der Waals surface area contributed by atoms with Crippen molar-refractivity contribution < 1.29 is 19.1 Å². The van der Waals surface area contributed by atoms with Gasteiger partial charge >= 0.3 is 0 Å². The molecule has 2 amide bonds. The zero-order valence-electron chi connectivity index (χ0n) is 19.8. The first kappa shape index (κ1) is 23.1. The fourth-order valence-corrected chi connectivity index (χ4v) is 3.89. The Kier molecular flexibility index (Phi) is 6.68. The van der Waals surface area contributed by atoms with Crippen LogP contribution >= 0.6 is 0 Å². The number of amides is 2. The van der Waals surface area contributed by atoms with E-state index in [1.807, 2.05) is 49.4 Å². The van der Waals surface area contributed by atoms with E-state index in [9.17, 15) is 9.59 Å². The minimum atomic E-state index is -0.407. The number of carbonyl (C=O) groups is 2. The summed E-state index contributed by atoms with van der Waals surface area (Å²) in [6.07, 6.45) is 0. The summed E-state index contributed by atoms with van der Waals surface area (Å²) in [5.41, 5.74) is 3.48. The Labute approximate surface area is 199 Å². The zero-order valence-corrected chi connectivity index (χ0v) is 19.8. The van der Waals surface area contributed by atoms with E-state index in [1.54, 1.807) is 37.4 Å². The molecule has 174 valence electrons. The Hall–Kier alpha value is -4.06. The summed E-state index contributed by atoms with van der Waals surface area (Å²) in [5.74, 6) is 0.908. The molecule has 0 aromatic heterocycles. The number of anilines is 2. The SMILES string of the molecule is CCOc1cccc(NC2=C(c3ccc(OC)cc3)C(=O)N(c3ccc(C(C)C)cc3)C2=O)c1. The van der Waals surface area contributed by atoms with E-state index >= 15 is 0 Å². The quantitative estimate of drug-likeness (QED) is 0.446. The van der Waals surface area contributed by atoms with Crippen LogP contribution in [0.15, 0.2) is 78.5 Å². The van der Waals surface area contributed by atoms with Crippen LogP contribution in [0.5, 0.6) is 11.5 Å². The molecule has 0 bridgehead atoms. The topological polar surface area (TPSA) is 67.9 Å². The number of carbonyl (C=O) groups excluding carboxylic acids is 2. The number of nitrogens with zero attached hydrogens (tertiary/aromatic N) is 1. The molecule has 0 atom stereocenters. The van der Waals surface area contributed by atoms with E-state index in [1.165, 1.54) is 4.90 Å². The molecule has 6 heteroatoms. The van der Waals surface area contributed by atoms with Crippen LogP contribution in [0.1, 0.15) is 37.8 Å². The molecule has 0 fully saturated rings. The number of benzene rings is 3. The highest BCUT2D eigenvalue weighted by Gasteiger charge is 2.40. The third-order valence-electron chi connectivity index (χ3n) is 5.69. The maximum atomic E-state index is 13.6. The van der Waals surface area contributed by atoms with Gasteiger partial charge in [-0.3, -0.25) is 9.59 Å². The Morgan fingerprint density at radius 3 is 2.21 bits per heavy atom. The number of hydrogen-bond acceptors (Lipinski definition) is 5. The van der Waals surface area contributed by atoms with E-state index in [-0.39, 0.29) is 11.6 Å². The number of ether oxygens (including phenoxy) is 2. The molecule has 4 rings (SSSR count). The van der Waals surface area contributed by atoms with Crippen molar-refractivity contribution in [3.8, 4) is 11.5 Å². The van der Waals surface area contributed by atoms with Crippen molar-refractivity contribution in [1.29, 1.82) is 0 Å². The summed E-state index contributed by atoms with van der Waals surface area (Å²) in [4.78, 5) is 28.4. The van der Waals surface area contributed by atoms with Gasteiger partial charge in [-0.15, -0.1) is 0 Å². The van der Waals surface area contributed by atoms with Crippen molar-refractivity contribution in [3.05, 3.63) is 89.6 Å². The lowest BCUT2D eigenvalue weighted by molar-refractivity contribution is -0.120. The molecule has 1 aliphatic rings. The predicted octanol–water partition coefficient (Wildman–Crippen LogP) is 5.61. The highest BCUT2D eigenvalue weighted by atomic mass is 16.5. The van der Waals surface area contributed by atoms with Crippen LogP contribution in [0.2, 0.25) is 0 Å². The molecule has 0 aliphatic carbocycles. The summed E-state index contributed by atoms with van der Waals surface area (Å²) in [5, 5.41) is 3.18. The van der Waals surface area contributed by atoms with Gasteiger partial charge < -0.3 is 14.8 Å². The van der Waals surface area contributed by atoms with E-state index in [0.717, 1.165) is 5.56 Å². The molecule has 0 spiro atoms. The molecule has 1 N–H and O–H groups in total. The molecule has 0 radical (unpaired) electrons. The van der Waals surface area contributed by atoms with E-state index < -0.39 is 5.91 Å². The van der Waals surface area contributed by atoms with E-state index in [2.05, 4.69) is 19.2 Å². The third-order valence-corrected chi connectivity index (χ3v) is 5.69. The maximum Gasteiger partial charge on any atom is 0.282 e. The summed E-state index contributed by atoms with van der Waals surface area (Å²) in [6.45, 7) is 6.64. The third kappa shape index (κ3) is 4.53. The fraction of sp³-hybridized carbons (Fsp3) is 0.214. The smallest absolute Gasteiger partial charge is 0.282 e. The Bertz CT molecular complexity index is 1230. The van der Waals surface area contributed by atoms with Gasteiger partial charge in [-0.05, 0) is 60.4 Å². The number of hydrogen-bond donors (Lipinski definition) is 1. The van der Waals surface area contributed by atoms with Crippen LogP contribution in [-0.2, 0) is 9.59 Å². The molecular weight excluding hydrogens is 428 g/mol. The fourth-order valence-electron chi connectivity index (χ4n) is 3.89. The van der Waals surface area contributed by atoms with Crippen LogP contribution in [0.4, 0.5) is 11.4 Å². The van der Waals surface area contributed by atoms with Gasteiger partial charge in [0.15, 0.2) is 0 Å². The molecule has 0 saturated carbocycles. The minimum Gasteiger partial charge on any atom is -0.497 e. The molecule has 0 saturated heterocycles. The number of methoxy groups -OCH3 is 1. The maximum absolute atomic E-state index is 13.6. The van der Waals surface area contributed by atoms with E-state index in [0.29, 0.717) is 46.5 Å². The highest BCUT2D eigenvalue weighted by molar-refractivity contribution is 6.46. The second-order valence-electron chi connectivity index (χ2n) is 8.26. The first-order valence-corrected chi connectivity index (χ1v) is 11.3. The van der Waals surface area contributed by atoms with Crippen molar-refractivity contribution in [2.45, 2.75) is 26.7 Å². The molecule has 1 aliphatic heterocycles. The van der Waals surface area contributed by atoms with Crippen molar-refractivity contribution in [3.63, 3.8) is 0 Å². The van der Waals surface area contributed by atoms with Crippen molar-refractivity contribution >= 4 is 28.8 Å². The highest BCUT2D eigenvalue weighted by Crippen LogP contribution is 2.35. The lowest BCUT2D eigenvalue weighted by atomic mass is 10.0. The molecule has 1 heterocycles. The van der Waals surface area contributed by atoms with Gasteiger partial charge in [0.25, 0.3) is 11.8 Å². The minimum absolute atomic E-state index is 0.219. The largest absolute Gasteiger partial charge is 0.497 e. The average Bonchev–Trinajstić information content (AvgIpc) is 3.08. The normalized spacial score (nSPS) is 13.6. The first-order chi connectivity index (χ1) is 16.4. The Morgan fingerprint density at radius 2 is 1.59 bits per heavy atom. The number of rotatable bonds is 8. The lowest BCUT2D eigenvalue weighted by Gasteiger charge is -2.16. The van der Waals surface area contributed by atoms with Crippen LogP contribution in [0, 0.1) is 0 Å². The summed E-state index contributed by atoms with van der Waals surface area (Å²) in [7, 11) is 1.58. The second-order valence-corrected chi connectivity index (χ2v) is 8.26. The van der Waals surface area contributed by atoms with Gasteiger partial charge in [-0.2, -0.15) is 0 Å². The van der Waals surface area contributed by atoms with Crippen LogP contribution in [-0.4, -0.2) is 25.5 Å². The molecule has 3 aromatic carbocycles. The molecule has 3 aromatic rings. The van der Waals surface area contributed by atoms with Gasteiger partial charge in [-0.25, -0.2) is 4.90 Å². The van der Waals surface area contributed by atoms with Crippen LogP contribution in [0.3, 0.4) is 0 Å². The summed E-state index contributed by atoms with van der Waals surface area (Å²) < 4.78 is 10.8. The standard InChI is InChI=1S/C28H28N2O4/c1-5-34-24-8-6-7-21(17-24)29-26-25(20-11-15-23(33-4)16-12-20)27(31)30(28(26)32)22-13-9-19(10-14-22)18(2)3/h6-18,29H,5H2,1-4H3. The number of nitrogens with one attached hydrogen (secondary N) is 1. The number of imide groups is 1. The van der Waals surface area contributed by atoms with Crippen LogP contribution in [0.25, 0.3) is 5.57 Å². The Balaban J connectivity index is 1.76. The molecule has 6 nitrogen and oxygen atoms in total. The van der Waals surface area contributed by atoms with Gasteiger partial charge in [-0.1, -0.05) is 44.2 Å². The lowest BCUT2D eigenvalue weighted by Crippen LogP contribution is -2.32. The summed E-state index contributed by atoms with van der Waals surface area (Å²) >= 11 is 0. The van der Waals surface area contributed by atoms with Crippen molar-refractivity contribution in [1.82, 2.24) is 0 Å². The van der Waals surface area contributed by atoms with Crippen LogP contribution < -0.4 is 19.7 Å². The van der Waals surface area contributed by atoms with Gasteiger partial charge in [0.1, 0.15) is 17.2 Å². The van der Waals surface area contributed by atoms with Gasteiger partial charge in [0.2, 0.25) is 0 Å². The molecular formula is C28H28N2O4. The van der Waals surface area contributed by atoms with E-state index in [4.69, 9.17) is 9.47 Å². The predicted molar refractivity (Wildman–Crippen MR) is 134 cm³/mol. The second kappa shape index (κ2) is 9.83. The van der Waals surface area contributed by atoms with Crippen molar-refractivity contribution in [2.75, 3.05) is 23.9 Å². The zero-order chi connectivity index (χ0) is 24.2. The van der Waals surface area contributed by atoms with Gasteiger partial charge in [0.05, 0.1) is 25.0 Å². The monoisotopic (exact) mass is 456 g/mol. The molecule has 0 unspecified atom stereocenters. The Morgan fingerprint density at radius 1 is 0.882 bits per heavy atom. The molecule has 34 heavy (non-hydrogen) atoms.